The summed E-state index contributed by atoms with van der Waals surface area (Å²) in [7, 11) is 0. The van der Waals surface area contributed by atoms with Crippen LogP contribution in [0, 0.1) is 29.4 Å². The highest BCUT2D eigenvalue weighted by Crippen LogP contribution is 2.24. The molecule has 132 valence electrons. The molecule has 0 aliphatic carbocycles. The zero-order chi connectivity index (χ0) is 19.2. The molecule has 25 heavy (non-hydrogen) atoms. The van der Waals surface area contributed by atoms with Crippen LogP contribution in [0.5, 0.6) is 5.75 Å². The highest BCUT2D eigenvalue weighted by atomic mass is 16.6. The van der Waals surface area contributed by atoms with Crippen molar-refractivity contribution in [3.63, 3.8) is 0 Å². The first kappa shape index (κ1) is 21.9. The van der Waals surface area contributed by atoms with Crippen LogP contribution in [0.25, 0.3) is 6.08 Å². The van der Waals surface area contributed by atoms with Crippen molar-refractivity contribution in [3.8, 4) is 18.1 Å². The summed E-state index contributed by atoms with van der Waals surface area (Å²) < 4.78 is 0. The van der Waals surface area contributed by atoms with E-state index in [1.807, 2.05) is 58.0 Å². The Bertz CT molecular complexity index is 743. The van der Waals surface area contributed by atoms with E-state index < -0.39 is 4.92 Å². The Balaban J connectivity index is 0.000000451. The fourth-order valence-corrected chi connectivity index (χ4v) is 1.82. The third-order valence-corrected chi connectivity index (χ3v) is 2.93. The number of hydrogen-bond acceptors (Lipinski definition) is 3. The molecule has 0 bridgehead atoms. The molecule has 0 unspecified atom stereocenters. The van der Waals surface area contributed by atoms with Crippen LogP contribution in [0.1, 0.15) is 43.9 Å². The maximum atomic E-state index is 10.6. The van der Waals surface area contributed by atoms with Crippen LogP contribution in [0.3, 0.4) is 0 Å². The number of phenolic OH excluding ortho intramolecular Hbond substituents is 1. The van der Waals surface area contributed by atoms with Crippen LogP contribution >= 0.6 is 0 Å². The number of hydrogen-bond donors (Lipinski definition) is 1. The molecule has 2 aromatic rings. The summed E-state index contributed by atoms with van der Waals surface area (Å²) in [5, 5.41) is 19.7. The van der Waals surface area contributed by atoms with Gasteiger partial charge in [-0.1, -0.05) is 51.0 Å². The molecule has 0 saturated carbocycles. The van der Waals surface area contributed by atoms with Gasteiger partial charge in [-0.3, -0.25) is 10.1 Å². The van der Waals surface area contributed by atoms with Crippen molar-refractivity contribution in [3.05, 3.63) is 75.3 Å². The maximum absolute atomic E-state index is 10.6. The molecular weight excluding hydrogens is 314 g/mol. The number of phenols is 1. The summed E-state index contributed by atoms with van der Waals surface area (Å²) in [5.41, 5.74) is 2.60. The third-order valence-electron chi connectivity index (χ3n) is 2.93. The lowest BCUT2D eigenvalue weighted by Gasteiger charge is -1.97. The van der Waals surface area contributed by atoms with Gasteiger partial charge in [0, 0.05) is 11.6 Å². The molecule has 4 heteroatoms. The fraction of sp³-hybridized carbons (Fsp3) is 0.238. The van der Waals surface area contributed by atoms with E-state index in [9.17, 15) is 10.1 Å². The number of nitrogens with zero attached hydrogens (tertiary/aromatic N) is 1. The second kappa shape index (κ2) is 12.4. The molecule has 0 radical (unpaired) electrons. The largest absolute Gasteiger partial charge is 0.508 e. The van der Waals surface area contributed by atoms with Crippen molar-refractivity contribution in [2.45, 2.75) is 34.1 Å². The average Bonchev–Trinajstić information content (AvgIpc) is 2.62. The molecule has 0 fully saturated rings. The van der Waals surface area contributed by atoms with E-state index in [0.717, 1.165) is 12.0 Å². The summed E-state index contributed by atoms with van der Waals surface area (Å²) in [5.74, 6) is 2.60. The molecule has 4 nitrogen and oxygen atoms in total. The molecule has 0 amide bonds. The van der Waals surface area contributed by atoms with E-state index in [2.05, 4.69) is 5.92 Å². The van der Waals surface area contributed by atoms with Crippen LogP contribution in [-0.2, 0) is 0 Å². The minimum absolute atomic E-state index is 0.00694. The fourth-order valence-electron chi connectivity index (χ4n) is 1.82. The van der Waals surface area contributed by atoms with Crippen molar-refractivity contribution < 1.29 is 10.0 Å². The number of rotatable bonds is 3. The molecule has 1 N–H and O–H groups in total. The second-order valence-electron chi connectivity index (χ2n) is 4.82. The monoisotopic (exact) mass is 339 g/mol. The van der Waals surface area contributed by atoms with Crippen molar-refractivity contribution in [1.82, 2.24) is 0 Å². The standard InChI is InChI=1S/C10H11NO3.C9H8.C2H6/c1-2-3-4-8-7-9(12)5-6-10(8)11(13)14;1-3-9-6-4-5-8(2)7-9;1-2/h3-7,12H,2H2,1H3;1,4-7H,2H3;1-2H3/b4-3-;;. The van der Waals surface area contributed by atoms with E-state index in [1.54, 1.807) is 6.08 Å². The molecule has 0 spiro atoms. The van der Waals surface area contributed by atoms with Gasteiger partial charge in [-0.05, 0) is 43.2 Å². The maximum Gasteiger partial charge on any atom is 0.276 e. The summed E-state index contributed by atoms with van der Waals surface area (Å²) in [4.78, 5) is 10.1. The Morgan fingerprint density at radius 1 is 1.24 bits per heavy atom. The minimum Gasteiger partial charge on any atom is -0.508 e. The summed E-state index contributed by atoms with van der Waals surface area (Å²) in [6.07, 6.45) is 9.41. The van der Waals surface area contributed by atoms with Gasteiger partial charge in [-0.2, -0.15) is 0 Å². The molecule has 2 rings (SSSR count). The van der Waals surface area contributed by atoms with Gasteiger partial charge in [-0.25, -0.2) is 0 Å². The number of allylic oxidation sites excluding steroid dienone is 1. The van der Waals surface area contributed by atoms with Gasteiger partial charge in [0.15, 0.2) is 0 Å². The summed E-state index contributed by atoms with van der Waals surface area (Å²) in [6, 6.07) is 11.9. The van der Waals surface area contributed by atoms with Crippen LogP contribution in [0.4, 0.5) is 5.69 Å². The number of nitro benzene ring substituents is 1. The van der Waals surface area contributed by atoms with E-state index >= 15 is 0 Å². The molecular formula is C21H25NO3. The number of terminal acetylenes is 1. The lowest BCUT2D eigenvalue weighted by Crippen LogP contribution is -1.90. The van der Waals surface area contributed by atoms with Gasteiger partial charge < -0.3 is 5.11 Å². The Morgan fingerprint density at radius 2 is 1.92 bits per heavy atom. The summed E-state index contributed by atoms with van der Waals surface area (Å²) in [6.45, 7) is 7.96. The van der Waals surface area contributed by atoms with Crippen LogP contribution in [0.15, 0.2) is 48.5 Å². The van der Waals surface area contributed by atoms with Gasteiger partial charge in [0.2, 0.25) is 0 Å². The summed E-state index contributed by atoms with van der Waals surface area (Å²) >= 11 is 0. The zero-order valence-electron chi connectivity index (χ0n) is 15.2. The number of aryl methyl sites for hydroxylation is 1. The van der Waals surface area contributed by atoms with Crippen molar-refractivity contribution >= 4 is 11.8 Å². The zero-order valence-corrected chi connectivity index (χ0v) is 15.2. The molecule has 0 aliphatic rings. The van der Waals surface area contributed by atoms with Crippen molar-refractivity contribution in [1.29, 1.82) is 0 Å². The predicted octanol–water partition coefficient (Wildman–Crippen LogP) is 5.73. The lowest BCUT2D eigenvalue weighted by atomic mass is 10.1. The Morgan fingerprint density at radius 3 is 2.40 bits per heavy atom. The number of aromatic hydroxyl groups is 1. The van der Waals surface area contributed by atoms with E-state index in [-0.39, 0.29) is 11.4 Å². The Hall–Kier alpha value is -3.06. The first-order valence-electron chi connectivity index (χ1n) is 8.15. The Labute approximate surface area is 150 Å². The quantitative estimate of drug-likeness (QED) is 0.441. The molecule has 0 atom stereocenters. The van der Waals surface area contributed by atoms with Crippen LogP contribution in [-0.4, -0.2) is 10.0 Å². The van der Waals surface area contributed by atoms with Crippen LogP contribution in [0.2, 0.25) is 0 Å². The molecule has 0 aromatic heterocycles. The predicted molar refractivity (Wildman–Crippen MR) is 105 cm³/mol. The molecule has 0 saturated heterocycles. The van der Waals surface area contributed by atoms with Gasteiger partial charge in [0.1, 0.15) is 5.75 Å². The normalized spacial score (nSPS) is 9.24. The number of benzene rings is 2. The number of nitro groups is 1. The third kappa shape index (κ3) is 8.38. The topological polar surface area (TPSA) is 63.4 Å². The highest BCUT2D eigenvalue weighted by molar-refractivity contribution is 5.62. The van der Waals surface area contributed by atoms with Gasteiger partial charge in [0.25, 0.3) is 5.69 Å². The van der Waals surface area contributed by atoms with Crippen molar-refractivity contribution in [2.24, 2.45) is 0 Å². The van der Waals surface area contributed by atoms with Gasteiger partial charge in [-0.15, -0.1) is 6.42 Å². The Kier molecular flexibility index (Phi) is 10.9. The molecule has 0 heterocycles. The minimum atomic E-state index is -0.464. The van der Waals surface area contributed by atoms with Crippen LogP contribution < -0.4 is 0 Å². The first-order chi connectivity index (χ1) is 12.0. The molecule has 0 aliphatic heterocycles. The van der Waals surface area contributed by atoms with Gasteiger partial charge >= 0.3 is 0 Å². The SMILES string of the molecule is C#Cc1cccc(C)c1.CC.CC/C=C\c1cc(O)ccc1[N+](=O)[O-]. The van der Waals surface area contributed by atoms with E-state index in [0.29, 0.717) is 5.56 Å². The highest BCUT2D eigenvalue weighted by Gasteiger charge is 2.10. The second-order valence-corrected chi connectivity index (χ2v) is 4.82. The van der Waals surface area contributed by atoms with E-state index in [4.69, 9.17) is 11.5 Å². The molecule has 2 aromatic carbocycles. The average molecular weight is 339 g/mol. The smallest absolute Gasteiger partial charge is 0.276 e. The lowest BCUT2D eigenvalue weighted by molar-refractivity contribution is -0.385. The van der Waals surface area contributed by atoms with E-state index in [1.165, 1.54) is 23.8 Å². The van der Waals surface area contributed by atoms with Gasteiger partial charge in [0.05, 0.1) is 10.5 Å². The first-order valence-corrected chi connectivity index (χ1v) is 8.15. The van der Waals surface area contributed by atoms with Crippen molar-refractivity contribution in [2.75, 3.05) is 0 Å².